The van der Waals surface area contributed by atoms with Crippen molar-refractivity contribution in [3.05, 3.63) is 23.9 Å². The highest BCUT2D eigenvalue weighted by atomic mass is 16.5. The number of hydrogen-bond acceptors (Lipinski definition) is 4. The Kier molecular flexibility index (Phi) is 4.18. The highest BCUT2D eigenvalue weighted by molar-refractivity contribution is 5.26. The van der Waals surface area contributed by atoms with Crippen LogP contribution >= 0.6 is 0 Å². The van der Waals surface area contributed by atoms with Gasteiger partial charge in [0.05, 0.1) is 7.11 Å². The quantitative estimate of drug-likeness (QED) is 0.903. The van der Waals surface area contributed by atoms with Crippen LogP contribution in [0, 0.1) is 5.92 Å². The molecule has 4 nitrogen and oxygen atoms in total. The van der Waals surface area contributed by atoms with Gasteiger partial charge in [-0.2, -0.15) is 0 Å². The molecular weight excluding hydrogens is 262 g/mol. The molecule has 0 aromatic carbocycles. The summed E-state index contributed by atoms with van der Waals surface area (Å²) in [5.41, 5.74) is 1.47. The molecule has 21 heavy (non-hydrogen) atoms. The van der Waals surface area contributed by atoms with Crippen molar-refractivity contribution in [2.75, 3.05) is 20.2 Å². The van der Waals surface area contributed by atoms with E-state index in [0.717, 1.165) is 31.4 Å². The molecule has 1 aliphatic heterocycles. The summed E-state index contributed by atoms with van der Waals surface area (Å²) in [6.07, 6.45) is 5.72. The van der Waals surface area contributed by atoms with Gasteiger partial charge >= 0.3 is 0 Å². The van der Waals surface area contributed by atoms with E-state index >= 15 is 0 Å². The van der Waals surface area contributed by atoms with Gasteiger partial charge in [0, 0.05) is 43.0 Å². The number of pyridine rings is 1. The third-order valence-corrected chi connectivity index (χ3v) is 5.27. The molecule has 2 heterocycles. The monoisotopic (exact) mass is 289 g/mol. The molecule has 0 amide bonds. The van der Waals surface area contributed by atoms with Gasteiger partial charge in [0.1, 0.15) is 0 Å². The summed E-state index contributed by atoms with van der Waals surface area (Å²) >= 11 is 0. The molecule has 0 bridgehead atoms. The molecular formula is C17H27N3O. The molecule has 1 saturated carbocycles. The van der Waals surface area contributed by atoms with Crippen molar-refractivity contribution in [3.63, 3.8) is 0 Å². The van der Waals surface area contributed by atoms with Crippen LogP contribution < -0.4 is 10.1 Å². The van der Waals surface area contributed by atoms with E-state index in [0.29, 0.717) is 6.04 Å². The van der Waals surface area contributed by atoms with E-state index in [1.165, 1.54) is 24.8 Å². The lowest BCUT2D eigenvalue weighted by Crippen LogP contribution is -2.63. The number of hydrogen-bond donors (Lipinski definition) is 1. The van der Waals surface area contributed by atoms with Crippen LogP contribution in [0.5, 0.6) is 5.88 Å². The second-order valence-electron chi connectivity index (χ2n) is 6.67. The average Bonchev–Trinajstić information content (AvgIpc) is 3.35. The van der Waals surface area contributed by atoms with Crippen LogP contribution in [-0.2, 0) is 6.54 Å². The number of nitrogens with one attached hydrogen (secondary N) is 1. The van der Waals surface area contributed by atoms with Gasteiger partial charge < -0.3 is 10.1 Å². The van der Waals surface area contributed by atoms with Gasteiger partial charge in [0.15, 0.2) is 0 Å². The first-order valence-electron chi connectivity index (χ1n) is 8.13. The van der Waals surface area contributed by atoms with E-state index in [-0.39, 0.29) is 5.54 Å². The van der Waals surface area contributed by atoms with Crippen molar-refractivity contribution in [2.45, 2.75) is 51.2 Å². The van der Waals surface area contributed by atoms with Crippen molar-refractivity contribution in [1.82, 2.24) is 15.2 Å². The van der Waals surface area contributed by atoms with Crippen LogP contribution in [0.25, 0.3) is 0 Å². The molecule has 1 aromatic heterocycles. The fourth-order valence-corrected chi connectivity index (χ4v) is 3.56. The van der Waals surface area contributed by atoms with Crippen molar-refractivity contribution in [2.24, 2.45) is 5.92 Å². The van der Waals surface area contributed by atoms with Crippen LogP contribution in [0.4, 0.5) is 0 Å². The Labute approximate surface area is 127 Å². The molecule has 1 aliphatic carbocycles. The minimum absolute atomic E-state index is 0.270. The number of ether oxygens (including phenoxy) is 1. The first kappa shape index (κ1) is 14.8. The number of nitrogens with zero attached hydrogens (tertiary/aromatic N) is 2. The van der Waals surface area contributed by atoms with Gasteiger partial charge in [0.25, 0.3) is 0 Å². The number of methoxy groups -OCH3 is 1. The first-order chi connectivity index (χ1) is 10.2. The van der Waals surface area contributed by atoms with Crippen molar-refractivity contribution >= 4 is 0 Å². The maximum Gasteiger partial charge on any atom is 0.217 e. The maximum absolute atomic E-state index is 5.43. The molecule has 1 N–H and O–H groups in total. The minimum atomic E-state index is 0.270. The van der Waals surface area contributed by atoms with E-state index in [1.54, 1.807) is 13.3 Å². The first-order valence-corrected chi connectivity index (χ1v) is 8.13. The summed E-state index contributed by atoms with van der Waals surface area (Å²) in [6, 6.07) is 4.74. The second kappa shape index (κ2) is 5.93. The molecule has 0 spiro atoms. The topological polar surface area (TPSA) is 37.4 Å². The van der Waals surface area contributed by atoms with E-state index in [1.807, 2.05) is 6.07 Å². The number of aromatic nitrogens is 1. The number of rotatable bonds is 5. The second-order valence-corrected chi connectivity index (χ2v) is 6.67. The predicted octanol–water partition coefficient (Wildman–Crippen LogP) is 2.44. The lowest BCUT2D eigenvalue weighted by Gasteiger charge is -2.48. The predicted molar refractivity (Wildman–Crippen MR) is 84.4 cm³/mol. The molecule has 3 rings (SSSR count). The van der Waals surface area contributed by atoms with Gasteiger partial charge in [-0.15, -0.1) is 0 Å². The maximum atomic E-state index is 5.43. The highest BCUT2D eigenvalue weighted by Gasteiger charge is 2.48. The lowest BCUT2D eigenvalue weighted by molar-refractivity contribution is 0.0264. The van der Waals surface area contributed by atoms with Crippen LogP contribution in [-0.4, -0.2) is 41.7 Å². The summed E-state index contributed by atoms with van der Waals surface area (Å²) in [5, 5.41) is 3.74. The van der Waals surface area contributed by atoms with E-state index in [2.05, 4.69) is 35.1 Å². The molecule has 1 saturated heterocycles. The Hall–Kier alpha value is -1.13. The van der Waals surface area contributed by atoms with Crippen molar-refractivity contribution < 1.29 is 4.74 Å². The molecule has 2 fully saturated rings. The van der Waals surface area contributed by atoms with Crippen LogP contribution in [0.3, 0.4) is 0 Å². The fourth-order valence-electron chi connectivity index (χ4n) is 3.56. The molecule has 4 heteroatoms. The minimum Gasteiger partial charge on any atom is -0.481 e. The molecule has 2 unspecified atom stereocenters. The van der Waals surface area contributed by atoms with Gasteiger partial charge in [0.2, 0.25) is 5.88 Å². The third kappa shape index (κ3) is 2.92. The Bertz CT molecular complexity index is 489. The largest absolute Gasteiger partial charge is 0.481 e. The molecule has 2 aliphatic rings. The number of piperazine rings is 1. The highest BCUT2D eigenvalue weighted by Crippen LogP contribution is 2.44. The molecule has 116 valence electrons. The Balaban J connectivity index is 1.81. The van der Waals surface area contributed by atoms with E-state index in [9.17, 15) is 0 Å². The average molecular weight is 289 g/mol. The smallest absolute Gasteiger partial charge is 0.217 e. The molecule has 1 aromatic rings. The standard InChI is InChI=1S/C17H27N3O/c1-4-15-11-20(17(2,12-19-15)14-7-8-14)10-13-6-5-9-18-16(13)21-3/h5-6,9,14-15,19H,4,7-8,10-12H2,1-3H3. The normalized spacial score (nSPS) is 30.3. The lowest BCUT2D eigenvalue weighted by atomic mass is 9.88. The zero-order valence-corrected chi connectivity index (χ0v) is 13.4. The third-order valence-electron chi connectivity index (χ3n) is 5.27. The fraction of sp³-hybridized carbons (Fsp3) is 0.706. The molecule has 0 radical (unpaired) electrons. The van der Waals surface area contributed by atoms with Gasteiger partial charge in [-0.3, -0.25) is 4.90 Å². The van der Waals surface area contributed by atoms with Gasteiger partial charge in [-0.1, -0.05) is 13.0 Å². The summed E-state index contributed by atoms with van der Waals surface area (Å²) in [5.74, 6) is 1.60. The molecule has 2 atom stereocenters. The van der Waals surface area contributed by atoms with Gasteiger partial charge in [-0.25, -0.2) is 4.98 Å². The van der Waals surface area contributed by atoms with Crippen LogP contribution in [0.15, 0.2) is 18.3 Å². The Morgan fingerprint density at radius 3 is 2.95 bits per heavy atom. The SMILES string of the molecule is CCC1CN(Cc2cccnc2OC)C(C)(C2CC2)CN1. The Morgan fingerprint density at radius 2 is 2.29 bits per heavy atom. The summed E-state index contributed by atoms with van der Waals surface area (Å²) in [4.78, 5) is 7.01. The summed E-state index contributed by atoms with van der Waals surface area (Å²) in [6.45, 7) is 7.83. The van der Waals surface area contributed by atoms with Crippen LogP contribution in [0.1, 0.15) is 38.7 Å². The summed E-state index contributed by atoms with van der Waals surface area (Å²) < 4.78 is 5.43. The van der Waals surface area contributed by atoms with Gasteiger partial charge in [-0.05, 0) is 38.2 Å². The van der Waals surface area contributed by atoms with E-state index < -0.39 is 0 Å². The van der Waals surface area contributed by atoms with Crippen molar-refractivity contribution in [1.29, 1.82) is 0 Å². The zero-order valence-electron chi connectivity index (χ0n) is 13.4. The van der Waals surface area contributed by atoms with Crippen LogP contribution in [0.2, 0.25) is 0 Å². The summed E-state index contributed by atoms with van der Waals surface area (Å²) in [7, 11) is 1.71. The zero-order chi connectivity index (χ0) is 14.9. The Morgan fingerprint density at radius 1 is 1.48 bits per heavy atom. The van der Waals surface area contributed by atoms with E-state index in [4.69, 9.17) is 4.74 Å². The van der Waals surface area contributed by atoms with Crippen molar-refractivity contribution in [3.8, 4) is 5.88 Å².